The van der Waals surface area contributed by atoms with Crippen molar-refractivity contribution >= 4 is 0 Å². The lowest BCUT2D eigenvalue weighted by Crippen LogP contribution is -2.30. The first kappa shape index (κ1) is 13.6. The quantitative estimate of drug-likeness (QED) is 0.872. The maximum absolute atomic E-state index is 5.94. The fraction of sp³-hybridized carbons (Fsp3) is 0.800. The van der Waals surface area contributed by atoms with Crippen LogP contribution in [0.2, 0.25) is 0 Å². The minimum Gasteiger partial charge on any atom is -0.338 e. The van der Waals surface area contributed by atoms with Gasteiger partial charge in [-0.25, -0.2) is 4.98 Å². The van der Waals surface area contributed by atoms with Crippen LogP contribution in [-0.4, -0.2) is 16.1 Å². The third kappa shape index (κ3) is 3.14. The zero-order valence-corrected chi connectivity index (χ0v) is 11.8. The lowest BCUT2D eigenvalue weighted by Gasteiger charge is -2.35. The van der Waals surface area contributed by atoms with Crippen LogP contribution in [0, 0.1) is 17.8 Å². The van der Waals surface area contributed by atoms with Gasteiger partial charge in [0.2, 0.25) is 0 Å². The van der Waals surface area contributed by atoms with Crippen molar-refractivity contribution in [1.29, 1.82) is 0 Å². The number of hydrogen-bond acceptors (Lipinski definition) is 2. The lowest BCUT2D eigenvalue weighted by molar-refractivity contribution is 0.170. The summed E-state index contributed by atoms with van der Waals surface area (Å²) in [6.07, 6.45) is 11.7. The Morgan fingerprint density at radius 1 is 1.39 bits per heavy atom. The van der Waals surface area contributed by atoms with E-state index < -0.39 is 0 Å². The molecule has 3 heteroatoms. The Balaban J connectivity index is 1.90. The van der Waals surface area contributed by atoms with Crippen LogP contribution in [0.25, 0.3) is 0 Å². The molecule has 2 rings (SSSR count). The van der Waals surface area contributed by atoms with Crippen molar-refractivity contribution in [2.24, 2.45) is 30.5 Å². The normalized spacial score (nSPS) is 28.5. The molecular formula is C15H27N3. The molecule has 3 unspecified atom stereocenters. The lowest BCUT2D eigenvalue weighted by atomic mass is 9.71. The smallest absolute Gasteiger partial charge is 0.108 e. The molecule has 0 amide bonds. The van der Waals surface area contributed by atoms with Crippen molar-refractivity contribution in [3.8, 4) is 0 Å². The van der Waals surface area contributed by atoms with Crippen molar-refractivity contribution in [3.05, 3.63) is 18.2 Å². The molecule has 1 aliphatic carbocycles. The third-order valence-corrected chi connectivity index (χ3v) is 4.79. The molecule has 0 aromatic carbocycles. The number of aromatic nitrogens is 2. The second-order valence-electron chi connectivity index (χ2n) is 5.84. The SMILES string of the molecule is CCC1CCC(CN)C(CCc2nccn2C)C1. The molecule has 1 aliphatic rings. The first-order chi connectivity index (χ1) is 8.74. The fourth-order valence-corrected chi connectivity index (χ4v) is 3.41. The Labute approximate surface area is 111 Å². The Kier molecular flexibility index (Phi) is 4.81. The highest BCUT2D eigenvalue weighted by molar-refractivity contribution is 4.92. The van der Waals surface area contributed by atoms with E-state index in [2.05, 4.69) is 23.5 Å². The van der Waals surface area contributed by atoms with Gasteiger partial charge in [0, 0.05) is 25.9 Å². The van der Waals surface area contributed by atoms with E-state index in [-0.39, 0.29) is 0 Å². The predicted molar refractivity (Wildman–Crippen MR) is 75.2 cm³/mol. The molecule has 1 aromatic heterocycles. The van der Waals surface area contributed by atoms with Crippen LogP contribution < -0.4 is 5.73 Å². The van der Waals surface area contributed by atoms with E-state index in [1.54, 1.807) is 0 Å². The monoisotopic (exact) mass is 249 g/mol. The van der Waals surface area contributed by atoms with Gasteiger partial charge in [-0.2, -0.15) is 0 Å². The summed E-state index contributed by atoms with van der Waals surface area (Å²) in [5.41, 5.74) is 5.94. The van der Waals surface area contributed by atoms with Crippen molar-refractivity contribution in [2.75, 3.05) is 6.54 Å². The highest BCUT2D eigenvalue weighted by Gasteiger charge is 2.28. The van der Waals surface area contributed by atoms with Gasteiger partial charge in [-0.1, -0.05) is 19.8 Å². The maximum atomic E-state index is 5.94. The summed E-state index contributed by atoms with van der Waals surface area (Å²) in [7, 11) is 2.08. The number of nitrogens with zero attached hydrogens (tertiary/aromatic N) is 2. The Bertz CT molecular complexity index is 358. The molecule has 2 N–H and O–H groups in total. The van der Waals surface area contributed by atoms with Gasteiger partial charge in [0.1, 0.15) is 5.82 Å². The molecule has 0 radical (unpaired) electrons. The Hall–Kier alpha value is -0.830. The topological polar surface area (TPSA) is 43.8 Å². The Morgan fingerprint density at radius 2 is 2.22 bits per heavy atom. The summed E-state index contributed by atoms with van der Waals surface area (Å²) in [6, 6.07) is 0. The van der Waals surface area contributed by atoms with E-state index >= 15 is 0 Å². The van der Waals surface area contributed by atoms with E-state index in [9.17, 15) is 0 Å². The molecule has 0 saturated heterocycles. The number of rotatable bonds is 5. The van der Waals surface area contributed by atoms with Crippen LogP contribution in [0.15, 0.2) is 12.4 Å². The van der Waals surface area contributed by atoms with Crippen LogP contribution in [0.5, 0.6) is 0 Å². The Morgan fingerprint density at radius 3 is 2.83 bits per heavy atom. The molecule has 1 aromatic rings. The summed E-state index contributed by atoms with van der Waals surface area (Å²) in [6.45, 7) is 3.19. The van der Waals surface area contributed by atoms with Crippen molar-refractivity contribution < 1.29 is 0 Å². The van der Waals surface area contributed by atoms with Gasteiger partial charge in [-0.15, -0.1) is 0 Å². The summed E-state index contributed by atoms with van der Waals surface area (Å²) in [5, 5.41) is 0. The average Bonchev–Trinajstić information content (AvgIpc) is 2.81. The van der Waals surface area contributed by atoms with E-state index in [0.717, 1.165) is 30.7 Å². The predicted octanol–water partition coefficient (Wildman–Crippen LogP) is 2.75. The van der Waals surface area contributed by atoms with Gasteiger partial charge in [0.05, 0.1) is 0 Å². The van der Waals surface area contributed by atoms with Crippen LogP contribution in [-0.2, 0) is 13.5 Å². The summed E-state index contributed by atoms with van der Waals surface area (Å²) < 4.78 is 2.14. The number of nitrogens with two attached hydrogens (primary N) is 1. The fourth-order valence-electron chi connectivity index (χ4n) is 3.41. The minimum absolute atomic E-state index is 0.744. The number of imidazole rings is 1. The average molecular weight is 249 g/mol. The molecule has 3 atom stereocenters. The summed E-state index contributed by atoms with van der Waals surface area (Å²) in [5.74, 6) is 3.70. The van der Waals surface area contributed by atoms with Crippen molar-refractivity contribution in [2.45, 2.75) is 45.4 Å². The molecule has 3 nitrogen and oxygen atoms in total. The van der Waals surface area contributed by atoms with Gasteiger partial charge < -0.3 is 10.3 Å². The zero-order chi connectivity index (χ0) is 13.0. The minimum atomic E-state index is 0.744. The van der Waals surface area contributed by atoms with Gasteiger partial charge in [-0.3, -0.25) is 0 Å². The first-order valence-electron chi connectivity index (χ1n) is 7.40. The zero-order valence-electron chi connectivity index (χ0n) is 11.8. The molecular weight excluding hydrogens is 222 g/mol. The molecule has 1 saturated carbocycles. The molecule has 0 aliphatic heterocycles. The highest BCUT2D eigenvalue weighted by Crippen LogP contribution is 2.37. The molecule has 1 heterocycles. The molecule has 0 bridgehead atoms. The second-order valence-corrected chi connectivity index (χ2v) is 5.84. The van der Waals surface area contributed by atoms with Crippen LogP contribution in [0.1, 0.15) is 44.9 Å². The molecule has 0 spiro atoms. The van der Waals surface area contributed by atoms with E-state index in [1.807, 2.05) is 12.4 Å². The third-order valence-electron chi connectivity index (χ3n) is 4.79. The second kappa shape index (κ2) is 6.37. The molecule has 18 heavy (non-hydrogen) atoms. The maximum Gasteiger partial charge on any atom is 0.108 e. The first-order valence-corrected chi connectivity index (χ1v) is 7.40. The largest absolute Gasteiger partial charge is 0.338 e. The van der Waals surface area contributed by atoms with Gasteiger partial charge in [0.25, 0.3) is 0 Å². The highest BCUT2D eigenvalue weighted by atomic mass is 15.0. The number of aryl methyl sites for hydroxylation is 2. The standard InChI is InChI=1S/C15H27N3/c1-3-12-4-5-14(11-16)13(10-12)6-7-15-17-8-9-18(15)2/h8-9,12-14H,3-7,10-11,16H2,1-2H3. The van der Waals surface area contributed by atoms with E-state index in [4.69, 9.17) is 5.73 Å². The van der Waals surface area contributed by atoms with Gasteiger partial charge >= 0.3 is 0 Å². The van der Waals surface area contributed by atoms with E-state index in [0.29, 0.717) is 0 Å². The van der Waals surface area contributed by atoms with Gasteiger partial charge in [-0.05, 0) is 43.6 Å². The van der Waals surface area contributed by atoms with E-state index in [1.165, 1.54) is 37.9 Å². The number of hydrogen-bond donors (Lipinski definition) is 1. The van der Waals surface area contributed by atoms with Crippen molar-refractivity contribution in [1.82, 2.24) is 9.55 Å². The van der Waals surface area contributed by atoms with Crippen LogP contribution >= 0.6 is 0 Å². The molecule has 1 fully saturated rings. The molecule has 102 valence electrons. The summed E-state index contributed by atoms with van der Waals surface area (Å²) in [4.78, 5) is 4.42. The summed E-state index contributed by atoms with van der Waals surface area (Å²) >= 11 is 0. The van der Waals surface area contributed by atoms with Crippen LogP contribution in [0.3, 0.4) is 0 Å². The van der Waals surface area contributed by atoms with Crippen LogP contribution in [0.4, 0.5) is 0 Å². The van der Waals surface area contributed by atoms with Crippen molar-refractivity contribution in [3.63, 3.8) is 0 Å². The van der Waals surface area contributed by atoms with Gasteiger partial charge in [0.15, 0.2) is 0 Å².